The van der Waals surface area contributed by atoms with Gasteiger partial charge in [0.15, 0.2) is 11.5 Å². The number of ether oxygens (including phenoxy) is 1. The number of hydrogen-bond donors (Lipinski definition) is 2. The molecule has 0 radical (unpaired) electrons. The Morgan fingerprint density at radius 1 is 1.30 bits per heavy atom. The molecular weight excluding hydrogens is 298 g/mol. The van der Waals surface area contributed by atoms with Crippen LogP contribution in [0.1, 0.15) is 33.6 Å². The molecule has 1 fully saturated rings. The number of fused-ring (bicyclic) bond motifs is 1. The monoisotopic (exact) mass is 317 g/mol. The second-order valence-corrected chi connectivity index (χ2v) is 6.53. The highest BCUT2D eigenvalue weighted by Crippen LogP contribution is 2.30. The van der Waals surface area contributed by atoms with Crippen molar-refractivity contribution >= 4 is 29.2 Å². The Balaban J connectivity index is 1.84. The first-order valence-electron chi connectivity index (χ1n) is 7.47. The van der Waals surface area contributed by atoms with Gasteiger partial charge in [-0.3, -0.25) is 10.1 Å². The molecule has 8 heteroatoms. The molecule has 2 aromatic rings. The van der Waals surface area contributed by atoms with Crippen LogP contribution in [0.3, 0.4) is 0 Å². The summed E-state index contributed by atoms with van der Waals surface area (Å²) >= 11 is 0. The molecule has 3 rings (SSSR count). The van der Waals surface area contributed by atoms with E-state index in [0.29, 0.717) is 17.2 Å². The van der Waals surface area contributed by atoms with E-state index in [4.69, 9.17) is 4.74 Å². The zero-order valence-corrected chi connectivity index (χ0v) is 13.3. The minimum Gasteiger partial charge on any atom is -0.444 e. The average molecular weight is 317 g/mol. The minimum absolute atomic E-state index is 0.0554. The molecule has 122 valence electrons. The van der Waals surface area contributed by atoms with Crippen LogP contribution < -0.4 is 10.6 Å². The molecule has 0 aliphatic heterocycles. The molecule has 8 nitrogen and oxygen atoms in total. The third-order valence-electron chi connectivity index (χ3n) is 3.19. The second kappa shape index (κ2) is 5.53. The van der Waals surface area contributed by atoms with E-state index in [1.165, 1.54) is 4.52 Å². The lowest BCUT2D eigenvalue weighted by Crippen LogP contribution is -2.27. The molecule has 2 amide bonds. The van der Waals surface area contributed by atoms with Gasteiger partial charge in [0.25, 0.3) is 0 Å². The van der Waals surface area contributed by atoms with Crippen molar-refractivity contribution in [3.63, 3.8) is 0 Å². The molecule has 0 aromatic carbocycles. The summed E-state index contributed by atoms with van der Waals surface area (Å²) in [6.07, 6.45) is 4.43. The Labute approximate surface area is 133 Å². The lowest BCUT2D eigenvalue weighted by molar-refractivity contribution is -0.117. The zero-order chi connectivity index (χ0) is 16.6. The maximum absolute atomic E-state index is 12.0. The van der Waals surface area contributed by atoms with Crippen molar-refractivity contribution in [2.45, 2.75) is 39.2 Å². The Kier molecular flexibility index (Phi) is 3.67. The first kappa shape index (κ1) is 15.3. The summed E-state index contributed by atoms with van der Waals surface area (Å²) in [6.45, 7) is 5.35. The van der Waals surface area contributed by atoms with Gasteiger partial charge >= 0.3 is 6.09 Å². The summed E-state index contributed by atoms with van der Waals surface area (Å²) in [5.74, 6) is 0.371. The van der Waals surface area contributed by atoms with Crippen LogP contribution in [0, 0.1) is 5.92 Å². The maximum Gasteiger partial charge on any atom is 0.412 e. The molecule has 0 bridgehead atoms. The first-order chi connectivity index (χ1) is 10.8. The van der Waals surface area contributed by atoms with Crippen LogP contribution in [0.4, 0.5) is 16.3 Å². The zero-order valence-electron chi connectivity index (χ0n) is 13.3. The fourth-order valence-electron chi connectivity index (χ4n) is 2.06. The number of aromatic nitrogens is 3. The van der Waals surface area contributed by atoms with Crippen molar-refractivity contribution in [2.75, 3.05) is 10.6 Å². The highest BCUT2D eigenvalue weighted by molar-refractivity contribution is 5.95. The molecule has 2 N–H and O–H groups in total. The largest absolute Gasteiger partial charge is 0.444 e. The fourth-order valence-corrected chi connectivity index (χ4v) is 2.06. The molecule has 1 aliphatic carbocycles. The van der Waals surface area contributed by atoms with Crippen LogP contribution in [0.5, 0.6) is 0 Å². The number of amides is 2. The highest BCUT2D eigenvalue weighted by atomic mass is 16.6. The molecule has 1 aliphatic rings. The van der Waals surface area contributed by atoms with Gasteiger partial charge in [-0.15, -0.1) is 5.10 Å². The van der Waals surface area contributed by atoms with Crippen molar-refractivity contribution in [2.24, 2.45) is 5.92 Å². The predicted octanol–water partition coefficient (Wildman–Crippen LogP) is 2.42. The van der Waals surface area contributed by atoms with Crippen LogP contribution in [-0.2, 0) is 9.53 Å². The van der Waals surface area contributed by atoms with Crippen molar-refractivity contribution in [1.29, 1.82) is 0 Å². The van der Waals surface area contributed by atoms with Gasteiger partial charge in [-0.1, -0.05) is 0 Å². The summed E-state index contributed by atoms with van der Waals surface area (Å²) in [5, 5.41) is 9.67. The average Bonchev–Trinajstić information content (AvgIpc) is 3.15. The standard InChI is InChI=1S/C15H19N5O3/c1-15(2,3)23-14(22)17-10-8-11(18-13(21)9-4-5-9)19-20-7-6-16-12(10)20/h6-9H,4-5H2,1-3H3,(H,17,22)(H,18,19,21). The second-order valence-electron chi connectivity index (χ2n) is 6.53. The maximum atomic E-state index is 12.0. The topological polar surface area (TPSA) is 97.6 Å². The van der Waals surface area contributed by atoms with Crippen LogP contribution in [-0.4, -0.2) is 32.2 Å². The van der Waals surface area contributed by atoms with E-state index in [2.05, 4.69) is 20.7 Å². The fraction of sp³-hybridized carbons (Fsp3) is 0.467. The van der Waals surface area contributed by atoms with Crippen molar-refractivity contribution < 1.29 is 14.3 Å². The summed E-state index contributed by atoms with van der Waals surface area (Å²) in [5.41, 5.74) is 0.289. The van der Waals surface area contributed by atoms with Gasteiger partial charge in [-0.05, 0) is 33.6 Å². The highest BCUT2D eigenvalue weighted by Gasteiger charge is 2.30. The summed E-state index contributed by atoms with van der Waals surface area (Å²) < 4.78 is 6.74. The smallest absolute Gasteiger partial charge is 0.412 e. The SMILES string of the molecule is CC(C)(C)OC(=O)Nc1cc(NC(=O)C2CC2)nn2ccnc12. The van der Waals surface area contributed by atoms with Gasteiger partial charge in [-0.2, -0.15) is 0 Å². The predicted molar refractivity (Wildman–Crippen MR) is 84.2 cm³/mol. The Bertz CT molecular complexity index is 758. The Morgan fingerprint density at radius 3 is 2.70 bits per heavy atom. The molecule has 2 aromatic heterocycles. The van der Waals surface area contributed by atoms with Crippen molar-refractivity contribution in [1.82, 2.24) is 14.6 Å². The van der Waals surface area contributed by atoms with Gasteiger partial charge in [0.1, 0.15) is 5.60 Å². The lowest BCUT2D eigenvalue weighted by atomic mass is 10.2. The molecule has 0 unspecified atom stereocenters. The van der Waals surface area contributed by atoms with Crippen LogP contribution >= 0.6 is 0 Å². The number of rotatable bonds is 3. The van der Waals surface area contributed by atoms with Gasteiger partial charge in [0.2, 0.25) is 5.91 Å². The summed E-state index contributed by atoms with van der Waals surface area (Å²) in [6, 6.07) is 1.58. The van der Waals surface area contributed by atoms with Gasteiger partial charge in [-0.25, -0.2) is 14.3 Å². The van der Waals surface area contributed by atoms with Crippen LogP contribution in [0.25, 0.3) is 5.65 Å². The molecule has 0 saturated heterocycles. The van der Waals surface area contributed by atoms with E-state index in [0.717, 1.165) is 12.8 Å². The number of hydrogen-bond acceptors (Lipinski definition) is 5. The molecule has 0 atom stereocenters. The first-order valence-corrected chi connectivity index (χ1v) is 7.47. The molecule has 23 heavy (non-hydrogen) atoms. The quantitative estimate of drug-likeness (QED) is 0.906. The normalized spacial score (nSPS) is 14.6. The summed E-state index contributed by atoms with van der Waals surface area (Å²) in [7, 11) is 0. The van der Waals surface area contributed by atoms with Crippen molar-refractivity contribution in [3.05, 3.63) is 18.5 Å². The number of nitrogens with one attached hydrogen (secondary N) is 2. The lowest BCUT2D eigenvalue weighted by Gasteiger charge is -2.19. The third-order valence-corrected chi connectivity index (χ3v) is 3.19. The van der Waals surface area contributed by atoms with E-state index in [9.17, 15) is 9.59 Å². The molecular formula is C15H19N5O3. The minimum atomic E-state index is -0.605. The van der Waals surface area contributed by atoms with Crippen LogP contribution in [0.2, 0.25) is 0 Å². The number of anilines is 2. The third kappa shape index (κ3) is 3.77. The number of imidazole rings is 1. The van der Waals surface area contributed by atoms with Crippen molar-refractivity contribution in [3.8, 4) is 0 Å². The van der Waals surface area contributed by atoms with E-state index in [-0.39, 0.29) is 11.8 Å². The van der Waals surface area contributed by atoms with Gasteiger partial charge in [0.05, 0.1) is 5.69 Å². The molecule has 2 heterocycles. The van der Waals surface area contributed by atoms with Gasteiger partial charge < -0.3 is 10.1 Å². The number of carbonyl (C=O) groups excluding carboxylic acids is 2. The van der Waals surface area contributed by atoms with E-state index in [1.54, 1.807) is 39.2 Å². The number of carbonyl (C=O) groups is 2. The number of nitrogens with zero attached hydrogens (tertiary/aromatic N) is 3. The van der Waals surface area contributed by atoms with E-state index in [1.807, 2.05) is 0 Å². The molecule has 0 spiro atoms. The molecule has 1 saturated carbocycles. The Morgan fingerprint density at radius 2 is 2.04 bits per heavy atom. The van der Waals surface area contributed by atoms with E-state index < -0.39 is 11.7 Å². The Hall–Kier alpha value is -2.64. The van der Waals surface area contributed by atoms with E-state index >= 15 is 0 Å². The summed E-state index contributed by atoms with van der Waals surface area (Å²) in [4.78, 5) is 28.0. The van der Waals surface area contributed by atoms with Gasteiger partial charge in [0, 0.05) is 24.4 Å². The van der Waals surface area contributed by atoms with Crippen LogP contribution in [0.15, 0.2) is 18.5 Å².